The van der Waals surface area contributed by atoms with Crippen LogP contribution in [0.4, 0.5) is 0 Å². The lowest BCUT2D eigenvalue weighted by molar-refractivity contribution is -0.143. The van der Waals surface area contributed by atoms with Crippen LogP contribution in [-0.2, 0) is 22.7 Å². The maximum absolute atomic E-state index is 11.4. The van der Waals surface area contributed by atoms with E-state index in [1.807, 2.05) is 0 Å². The summed E-state index contributed by atoms with van der Waals surface area (Å²) in [5.74, 6) is 0.264. The first kappa shape index (κ1) is 15.9. The van der Waals surface area contributed by atoms with Gasteiger partial charge in [-0.2, -0.15) is 0 Å². The Balaban J connectivity index is 1.98. The molecule has 2 heterocycles. The first-order valence-corrected chi connectivity index (χ1v) is 7.25. The third-order valence-electron chi connectivity index (χ3n) is 4.05. The van der Waals surface area contributed by atoms with Crippen LogP contribution in [0.1, 0.15) is 25.2 Å². The highest BCUT2D eigenvalue weighted by atomic mass is 16.5. The van der Waals surface area contributed by atoms with Gasteiger partial charge in [-0.25, -0.2) is 9.97 Å². The number of nitrogens with zero attached hydrogens (tertiary/aromatic N) is 3. The Morgan fingerprint density at radius 3 is 2.57 bits per heavy atom. The van der Waals surface area contributed by atoms with Crippen molar-refractivity contribution in [2.24, 2.45) is 17.8 Å². The van der Waals surface area contributed by atoms with Gasteiger partial charge in [-0.05, 0) is 11.8 Å². The molecule has 0 aliphatic carbocycles. The summed E-state index contributed by atoms with van der Waals surface area (Å²) in [4.78, 5) is 22.0. The predicted molar refractivity (Wildman–Crippen MR) is 77.5 cm³/mol. The van der Waals surface area contributed by atoms with Gasteiger partial charge in [0.25, 0.3) is 0 Å². The summed E-state index contributed by atoms with van der Waals surface area (Å²) in [5.41, 5.74) is 1.00. The Morgan fingerprint density at radius 1 is 1.43 bits per heavy atom. The van der Waals surface area contributed by atoms with Gasteiger partial charge in [0.15, 0.2) is 5.82 Å². The number of ether oxygens (including phenoxy) is 1. The van der Waals surface area contributed by atoms with Gasteiger partial charge < -0.3 is 9.84 Å². The molecule has 0 saturated carbocycles. The molecule has 1 aliphatic heterocycles. The average Bonchev–Trinajstić information content (AvgIpc) is 2.86. The standard InChI is InChI=1S/C15H23N3O3/c1-10(2)12-7-18(8-13(12)15(19)20)6-11-4-16-14(9-21-3)17-5-11/h4-5,10,12-13H,6-9H2,1-3H3,(H,19,20)/t12-,13+/m0/s1. The highest BCUT2D eigenvalue weighted by molar-refractivity contribution is 5.71. The lowest BCUT2D eigenvalue weighted by atomic mass is 9.86. The number of likely N-dealkylation sites (tertiary alicyclic amines) is 1. The van der Waals surface area contributed by atoms with E-state index in [1.54, 1.807) is 19.5 Å². The lowest BCUT2D eigenvalue weighted by Crippen LogP contribution is -2.25. The second kappa shape index (κ2) is 6.95. The van der Waals surface area contributed by atoms with Crippen molar-refractivity contribution in [3.63, 3.8) is 0 Å². The number of hydrogen-bond donors (Lipinski definition) is 1. The topological polar surface area (TPSA) is 75.5 Å². The minimum Gasteiger partial charge on any atom is -0.481 e. The second-order valence-electron chi connectivity index (χ2n) is 5.99. The van der Waals surface area contributed by atoms with E-state index in [9.17, 15) is 9.90 Å². The van der Waals surface area contributed by atoms with E-state index in [0.717, 1.165) is 12.1 Å². The zero-order valence-corrected chi connectivity index (χ0v) is 12.8. The number of aromatic nitrogens is 2. The van der Waals surface area contributed by atoms with Crippen LogP contribution in [0.25, 0.3) is 0 Å². The molecule has 1 aliphatic rings. The van der Waals surface area contributed by atoms with E-state index in [4.69, 9.17) is 4.74 Å². The number of carboxylic acids is 1. The number of carboxylic acid groups (broad SMARTS) is 1. The number of methoxy groups -OCH3 is 1. The highest BCUT2D eigenvalue weighted by Crippen LogP contribution is 2.30. The van der Waals surface area contributed by atoms with Crippen molar-refractivity contribution >= 4 is 5.97 Å². The molecular formula is C15H23N3O3. The summed E-state index contributed by atoms with van der Waals surface area (Å²) >= 11 is 0. The molecule has 0 bridgehead atoms. The molecule has 6 nitrogen and oxygen atoms in total. The van der Waals surface area contributed by atoms with Crippen molar-refractivity contribution in [1.29, 1.82) is 0 Å². The van der Waals surface area contributed by atoms with Crippen LogP contribution in [0.5, 0.6) is 0 Å². The van der Waals surface area contributed by atoms with Crippen LogP contribution in [0, 0.1) is 17.8 Å². The van der Waals surface area contributed by atoms with Crippen LogP contribution < -0.4 is 0 Å². The number of rotatable bonds is 6. The average molecular weight is 293 g/mol. The van der Waals surface area contributed by atoms with Crippen molar-refractivity contribution in [3.8, 4) is 0 Å². The minimum absolute atomic E-state index is 0.205. The zero-order chi connectivity index (χ0) is 15.4. The summed E-state index contributed by atoms with van der Waals surface area (Å²) < 4.78 is 4.98. The van der Waals surface area contributed by atoms with Crippen LogP contribution in [0.3, 0.4) is 0 Å². The number of hydrogen-bond acceptors (Lipinski definition) is 5. The molecule has 1 saturated heterocycles. The Bertz CT molecular complexity index is 476. The quantitative estimate of drug-likeness (QED) is 0.854. The first-order chi connectivity index (χ1) is 10.0. The zero-order valence-electron chi connectivity index (χ0n) is 12.8. The largest absolute Gasteiger partial charge is 0.481 e. The van der Waals surface area contributed by atoms with E-state index >= 15 is 0 Å². The van der Waals surface area contributed by atoms with Crippen LogP contribution >= 0.6 is 0 Å². The fourth-order valence-electron chi connectivity index (χ4n) is 2.90. The Kier molecular flexibility index (Phi) is 5.25. The number of aliphatic carboxylic acids is 1. The Labute approximate surface area is 125 Å². The summed E-state index contributed by atoms with van der Waals surface area (Å²) in [6.45, 7) is 6.69. The smallest absolute Gasteiger partial charge is 0.308 e. The molecule has 21 heavy (non-hydrogen) atoms. The highest BCUT2D eigenvalue weighted by Gasteiger charge is 2.38. The van der Waals surface area contributed by atoms with Crippen LogP contribution in [0.2, 0.25) is 0 Å². The van der Waals surface area contributed by atoms with Gasteiger partial charge in [0.05, 0.1) is 5.92 Å². The molecule has 0 aromatic carbocycles. The van der Waals surface area contributed by atoms with Gasteiger partial charge in [-0.3, -0.25) is 9.69 Å². The van der Waals surface area contributed by atoms with E-state index in [-0.39, 0.29) is 11.8 Å². The molecule has 2 rings (SSSR count). The fourth-order valence-corrected chi connectivity index (χ4v) is 2.90. The van der Waals surface area contributed by atoms with Crippen molar-refractivity contribution in [2.45, 2.75) is 27.0 Å². The molecular weight excluding hydrogens is 270 g/mol. The van der Waals surface area contributed by atoms with E-state index in [1.165, 1.54) is 0 Å². The third kappa shape index (κ3) is 3.98. The monoisotopic (exact) mass is 293 g/mol. The summed E-state index contributed by atoms with van der Waals surface area (Å²) in [5, 5.41) is 9.35. The third-order valence-corrected chi connectivity index (χ3v) is 4.05. The SMILES string of the molecule is COCc1ncc(CN2C[C@@H](C(=O)O)[C@H](C(C)C)C2)cn1. The Hall–Kier alpha value is -1.53. The maximum Gasteiger partial charge on any atom is 0.308 e. The van der Waals surface area contributed by atoms with Gasteiger partial charge >= 0.3 is 5.97 Å². The summed E-state index contributed by atoms with van der Waals surface area (Å²) in [6.07, 6.45) is 3.58. The predicted octanol–water partition coefficient (Wildman–Crippen LogP) is 1.41. The summed E-state index contributed by atoms with van der Waals surface area (Å²) in [7, 11) is 1.61. The molecule has 0 amide bonds. The molecule has 1 aromatic heterocycles. The van der Waals surface area contributed by atoms with Crippen molar-refractivity contribution in [3.05, 3.63) is 23.8 Å². The fraction of sp³-hybridized carbons (Fsp3) is 0.667. The molecule has 1 aromatic rings. The second-order valence-corrected chi connectivity index (χ2v) is 5.99. The maximum atomic E-state index is 11.4. The molecule has 1 N–H and O–H groups in total. The van der Waals surface area contributed by atoms with Crippen molar-refractivity contribution in [1.82, 2.24) is 14.9 Å². The van der Waals surface area contributed by atoms with Crippen molar-refractivity contribution < 1.29 is 14.6 Å². The van der Waals surface area contributed by atoms with Gasteiger partial charge in [0, 0.05) is 44.7 Å². The van der Waals surface area contributed by atoms with Crippen LogP contribution in [0.15, 0.2) is 12.4 Å². The molecule has 116 valence electrons. The molecule has 0 spiro atoms. The minimum atomic E-state index is -0.692. The molecule has 0 unspecified atom stereocenters. The molecule has 2 atom stereocenters. The van der Waals surface area contributed by atoms with E-state index < -0.39 is 5.97 Å². The molecule has 0 radical (unpaired) electrons. The van der Waals surface area contributed by atoms with Crippen LogP contribution in [-0.4, -0.2) is 46.1 Å². The molecule has 6 heteroatoms. The first-order valence-electron chi connectivity index (χ1n) is 7.25. The van der Waals surface area contributed by atoms with E-state index in [0.29, 0.717) is 31.4 Å². The summed E-state index contributed by atoms with van der Waals surface area (Å²) in [6, 6.07) is 0. The van der Waals surface area contributed by atoms with E-state index in [2.05, 4.69) is 28.7 Å². The normalized spacial score (nSPS) is 22.9. The number of carbonyl (C=O) groups is 1. The molecule has 1 fully saturated rings. The van der Waals surface area contributed by atoms with Crippen molar-refractivity contribution in [2.75, 3.05) is 20.2 Å². The van der Waals surface area contributed by atoms with Gasteiger partial charge in [-0.15, -0.1) is 0 Å². The van der Waals surface area contributed by atoms with Gasteiger partial charge in [0.1, 0.15) is 6.61 Å². The Morgan fingerprint density at radius 2 is 2.10 bits per heavy atom. The lowest BCUT2D eigenvalue weighted by Gasteiger charge is -2.18. The van der Waals surface area contributed by atoms with Gasteiger partial charge in [0.2, 0.25) is 0 Å². The van der Waals surface area contributed by atoms with Gasteiger partial charge in [-0.1, -0.05) is 13.8 Å².